The number of carboxylic acid groups (broad SMARTS) is 1. The molecule has 7 nitrogen and oxygen atoms in total. The molecule has 0 aromatic rings. The highest BCUT2D eigenvalue weighted by Crippen LogP contribution is 2.05. The van der Waals surface area contributed by atoms with Crippen LogP contribution in [0.4, 0.5) is 0 Å². The van der Waals surface area contributed by atoms with Gasteiger partial charge in [-0.3, -0.25) is 9.59 Å². The molecule has 0 aromatic heterocycles. The van der Waals surface area contributed by atoms with Gasteiger partial charge in [0.1, 0.15) is 0 Å². The van der Waals surface area contributed by atoms with Crippen LogP contribution in [-0.4, -0.2) is 47.0 Å². The van der Waals surface area contributed by atoms with Crippen molar-refractivity contribution in [2.75, 3.05) is 12.4 Å². The number of rotatable bonds is 5. The van der Waals surface area contributed by atoms with Gasteiger partial charge in [0, 0.05) is 13.0 Å². The van der Waals surface area contributed by atoms with Crippen LogP contribution < -0.4 is 5.32 Å². The molecule has 1 fully saturated rings. The Morgan fingerprint density at radius 3 is 2.75 bits per heavy atom. The second kappa shape index (κ2) is 5.45. The molecular weight excluding hydrogens is 240 g/mol. The van der Waals surface area contributed by atoms with E-state index in [0.717, 1.165) is 0 Å². The molecule has 2 N–H and O–H groups in total. The second-order valence-electron chi connectivity index (χ2n) is 2.98. The third-order valence-electron chi connectivity index (χ3n) is 1.86. The molecule has 1 heterocycles. The van der Waals surface area contributed by atoms with Crippen molar-refractivity contribution in [3.8, 4) is 0 Å². The van der Waals surface area contributed by atoms with Crippen LogP contribution in [0.25, 0.3) is 0 Å². The molecule has 1 atom stereocenters. The molecule has 1 amide bonds. The van der Waals surface area contributed by atoms with E-state index in [1.165, 1.54) is 0 Å². The Bertz CT molecular complexity index is 354. The molecule has 1 aliphatic rings. The van der Waals surface area contributed by atoms with Crippen LogP contribution >= 0.6 is 11.6 Å². The van der Waals surface area contributed by atoms with Crippen molar-refractivity contribution in [2.45, 2.75) is 12.5 Å². The van der Waals surface area contributed by atoms with E-state index >= 15 is 0 Å². The Kier molecular flexibility index (Phi) is 4.24. The molecule has 0 aromatic carbocycles. The summed E-state index contributed by atoms with van der Waals surface area (Å²) in [5.41, 5.74) is -0.810. The monoisotopic (exact) mass is 248 g/mol. The number of carboxylic acids is 1. The molecular formula is C8H9ClN2O5. The molecule has 0 radical (unpaired) electrons. The van der Waals surface area contributed by atoms with Gasteiger partial charge in [0.2, 0.25) is 17.6 Å². The average Bonchev–Trinajstić information content (AvgIpc) is 2.64. The zero-order chi connectivity index (χ0) is 12.1. The van der Waals surface area contributed by atoms with E-state index in [0.29, 0.717) is 13.0 Å². The number of ketones is 1. The maximum Gasteiger partial charge on any atom is 0.361 e. The van der Waals surface area contributed by atoms with Crippen molar-refractivity contribution in [1.82, 2.24) is 5.32 Å². The normalized spacial score (nSPS) is 20.4. The molecule has 16 heavy (non-hydrogen) atoms. The summed E-state index contributed by atoms with van der Waals surface area (Å²) in [6.45, 7) is 0.435. The van der Waals surface area contributed by atoms with Gasteiger partial charge in [0.15, 0.2) is 0 Å². The predicted molar refractivity (Wildman–Crippen MR) is 53.3 cm³/mol. The molecule has 1 saturated heterocycles. The minimum absolute atomic E-state index is 0.379. The summed E-state index contributed by atoms with van der Waals surface area (Å²) < 4.78 is 0. The lowest BCUT2D eigenvalue weighted by Gasteiger charge is -2.04. The highest BCUT2D eigenvalue weighted by atomic mass is 35.5. The fourth-order valence-corrected chi connectivity index (χ4v) is 1.19. The zero-order valence-corrected chi connectivity index (χ0v) is 8.86. The number of hydrogen-bond acceptors (Lipinski definition) is 5. The van der Waals surface area contributed by atoms with Gasteiger partial charge in [0.25, 0.3) is 5.91 Å². The number of carbonyl (C=O) groups excluding carboxylic acids is 2. The van der Waals surface area contributed by atoms with Crippen LogP contribution in [0.5, 0.6) is 0 Å². The number of halogens is 1. The first kappa shape index (κ1) is 12.4. The van der Waals surface area contributed by atoms with Gasteiger partial charge in [-0.05, 0) is 0 Å². The largest absolute Gasteiger partial charge is 0.476 e. The average molecular weight is 249 g/mol. The number of nitrogens with one attached hydrogen (secondary N) is 1. The molecule has 0 aliphatic carbocycles. The smallest absolute Gasteiger partial charge is 0.361 e. The summed E-state index contributed by atoms with van der Waals surface area (Å²) in [5.74, 6) is -3.30. The maximum atomic E-state index is 11.0. The van der Waals surface area contributed by atoms with Crippen LogP contribution in [0.2, 0.25) is 0 Å². The van der Waals surface area contributed by atoms with Crippen molar-refractivity contribution in [2.24, 2.45) is 5.16 Å². The number of nitrogens with zero attached hydrogens (tertiary/aromatic N) is 1. The van der Waals surface area contributed by atoms with Crippen molar-refractivity contribution in [3.63, 3.8) is 0 Å². The van der Waals surface area contributed by atoms with Crippen LogP contribution in [0, 0.1) is 0 Å². The molecule has 0 saturated carbocycles. The van der Waals surface area contributed by atoms with Gasteiger partial charge in [-0.1, -0.05) is 5.16 Å². The van der Waals surface area contributed by atoms with Crippen LogP contribution in [0.1, 0.15) is 6.42 Å². The van der Waals surface area contributed by atoms with Crippen molar-refractivity contribution >= 4 is 35.0 Å². The fourth-order valence-electron chi connectivity index (χ4n) is 1.06. The molecule has 0 spiro atoms. The Balaban J connectivity index is 2.68. The number of aliphatic carboxylic acids is 1. The molecule has 1 rings (SSSR count). The summed E-state index contributed by atoms with van der Waals surface area (Å²) in [6, 6.07) is 0. The lowest BCUT2D eigenvalue weighted by molar-refractivity contribution is -0.132. The van der Waals surface area contributed by atoms with Crippen LogP contribution in [0.3, 0.4) is 0 Å². The lowest BCUT2D eigenvalue weighted by Crippen LogP contribution is -2.28. The Hall–Kier alpha value is -1.63. The second-order valence-corrected chi connectivity index (χ2v) is 3.24. The van der Waals surface area contributed by atoms with E-state index in [-0.39, 0.29) is 5.91 Å². The quantitative estimate of drug-likeness (QED) is 0.285. The number of amides is 1. The molecule has 0 bridgehead atoms. The Morgan fingerprint density at radius 2 is 2.31 bits per heavy atom. The van der Waals surface area contributed by atoms with Gasteiger partial charge in [-0.25, -0.2) is 4.79 Å². The zero-order valence-electron chi connectivity index (χ0n) is 8.10. The minimum atomic E-state index is -1.54. The van der Waals surface area contributed by atoms with Gasteiger partial charge >= 0.3 is 5.97 Å². The Labute approximate surface area is 95.4 Å². The number of alkyl halides is 1. The third kappa shape index (κ3) is 2.93. The molecule has 1 unspecified atom stereocenters. The topological polar surface area (TPSA) is 105 Å². The van der Waals surface area contributed by atoms with Crippen LogP contribution in [0.15, 0.2) is 5.16 Å². The summed E-state index contributed by atoms with van der Waals surface area (Å²) in [4.78, 5) is 37.3. The van der Waals surface area contributed by atoms with Gasteiger partial charge in [0.05, 0.1) is 5.88 Å². The first-order valence-corrected chi connectivity index (χ1v) is 4.93. The predicted octanol–water partition coefficient (Wildman–Crippen LogP) is -0.860. The molecule has 88 valence electrons. The summed E-state index contributed by atoms with van der Waals surface area (Å²) >= 11 is 5.19. The van der Waals surface area contributed by atoms with E-state index in [1.54, 1.807) is 0 Å². The number of oxime groups is 1. The van der Waals surface area contributed by atoms with E-state index < -0.39 is 29.4 Å². The van der Waals surface area contributed by atoms with Gasteiger partial charge in [-0.2, -0.15) is 0 Å². The summed E-state index contributed by atoms with van der Waals surface area (Å²) in [6.07, 6.45) is -0.470. The van der Waals surface area contributed by atoms with Crippen molar-refractivity contribution < 1.29 is 24.3 Å². The van der Waals surface area contributed by atoms with E-state index in [2.05, 4.69) is 15.3 Å². The van der Waals surface area contributed by atoms with E-state index in [4.69, 9.17) is 16.7 Å². The van der Waals surface area contributed by atoms with E-state index in [9.17, 15) is 14.4 Å². The van der Waals surface area contributed by atoms with Crippen molar-refractivity contribution in [3.05, 3.63) is 0 Å². The standard InChI is InChI=1S/C8H9ClN2O5/c9-3-4(12)6(8(14)15)11-16-5-1-2-10-7(5)13/h5H,1-3H2,(H,10,13)(H,14,15)/b11-6-. The maximum absolute atomic E-state index is 11.0. The SMILES string of the molecule is O=C(O)/C(=N\OC1CCNC1=O)C(=O)CCl. The highest BCUT2D eigenvalue weighted by Gasteiger charge is 2.27. The first-order valence-electron chi connectivity index (χ1n) is 4.40. The summed E-state index contributed by atoms with van der Waals surface area (Å²) in [7, 11) is 0. The van der Waals surface area contributed by atoms with Crippen LogP contribution in [-0.2, 0) is 19.2 Å². The minimum Gasteiger partial charge on any atom is -0.476 e. The summed E-state index contributed by atoms with van der Waals surface area (Å²) in [5, 5.41) is 14.2. The van der Waals surface area contributed by atoms with Gasteiger partial charge < -0.3 is 15.3 Å². The fraction of sp³-hybridized carbons (Fsp3) is 0.500. The third-order valence-corrected chi connectivity index (χ3v) is 2.10. The van der Waals surface area contributed by atoms with Gasteiger partial charge in [-0.15, -0.1) is 11.6 Å². The highest BCUT2D eigenvalue weighted by molar-refractivity contribution is 6.67. The van der Waals surface area contributed by atoms with E-state index in [1.807, 2.05) is 0 Å². The number of Topliss-reactive ketones (excluding diaryl/α,β-unsaturated/α-hetero) is 1. The lowest BCUT2D eigenvalue weighted by atomic mass is 10.3. The first-order chi connectivity index (χ1) is 7.56. The number of hydrogen-bond donors (Lipinski definition) is 2. The molecule has 1 aliphatic heterocycles. The van der Waals surface area contributed by atoms with Crippen molar-refractivity contribution in [1.29, 1.82) is 0 Å². The Morgan fingerprint density at radius 1 is 1.62 bits per heavy atom. The number of carbonyl (C=O) groups is 3. The molecule has 8 heteroatoms.